The standard InChI is InChI=1S/C24H23ClN2O4S/c1-5-6-17-11-16(12-19-22(28)26(2)24(32)27(3)23(19)29)13-20(30-4)21(17)31-14-15-7-9-18(25)10-8-15/h5,7-13H,1,6,14H2,2-4H3. The fraction of sp³-hybridized carbons (Fsp3) is 0.208. The fourth-order valence-electron chi connectivity index (χ4n) is 3.27. The molecule has 0 N–H and O–H groups in total. The maximum absolute atomic E-state index is 12.7. The van der Waals surface area contributed by atoms with Crippen molar-refractivity contribution in [3.05, 3.63) is 76.3 Å². The lowest BCUT2D eigenvalue weighted by atomic mass is 10.0. The van der Waals surface area contributed by atoms with Gasteiger partial charge >= 0.3 is 0 Å². The molecule has 1 heterocycles. The van der Waals surface area contributed by atoms with Crippen molar-refractivity contribution in [3.63, 3.8) is 0 Å². The van der Waals surface area contributed by atoms with Gasteiger partial charge in [-0.25, -0.2) is 0 Å². The molecular formula is C24H23ClN2O4S. The number of thiocarbonyl (C=S) groups is 1. The monoisotopic (exact) mass is 470 g/mol. The van der Waals surface area contributed by atoms with E-state index >= 15 is 0 Å². The Kier molecular flexibility index (Phi) is 7.33. The van der Waals surface area contributed by atoms with Crippen LogP contribution in [0.25, 0.3) is 6.08 Å². The molecule has 166 valence electrons. The highest BCUT2D eigenvalue weighted by Gasteiger charge is 2.35. The molecule has 2 amide bonds. The van der Waals surface area contributed by atoms with Crippen LogP contribution in [0.5, 0.6) is 11.5 Å². The third-order valence-electron chi connectivity index (χ3n) is 4.99. The van der Waals surface area contributed by atoms with Crippen LogP contribution in [0, 0.1) is 0 Å². The minimum absolute atomic E-state index is 0.0186. The van der Waals surface area contributed by atoms with Crippen LogP contribution in [0.4, 0.5) is 0 Å². The lowest BCUT2D eigenvalue weighted by molar-refractivity contribution is -0.132. The zero-order chi connectivity index (χ0) is 23.4. The highest BCUT2D eigenvalue weighted by Crippen LogP contribution is 2.35. The van der Waals surface area contributed by atoms with Gasteiger partial charge in [-0.05, 0) is 60.1 Å². The molecular weight excluding hydrogens is 448 g/mol. The first-order valence-corrected chi connectivity index (χ1v) is 10.6. The number of ether oxygens (including phenoxy) is 2. The Hall–Kier alpha value is -3.16. The molecule has 1 aliphatic heterocycles. The molecule has 32 heavy (non-hydrogen) atoms. The van der Waals surface area contributed by atoms with E-state index in [1.165, 1.54) is 23.0 Å². The van der Waals surface area contributed by atoms with Gasteiger partial charge in [-0.1, -0.05) is 29.8 Å². The Labute approximate surface area is 197 Å². The number of carbonyl (C=O) groups excluding carboxylic acids is 2. The molecule has 0 bridgehead atoms. The van der Waals surface area contributed by atoms with Crippen LogP contribution in [-0.2, 0) is 22.6 Å². The van der Waals surface area contributed by atoms with Gasteiger partial charge in [0.1, 0.15) is 12.2 Å². The molecule has 0 spiro atoms. The van der Waals surface area contributed by atoms with Gasteiger partial charge in [-0.15, -0.1) is 6.58 Å². The molecule has 6 nitrogen and oxygen atoms in total. The van der Waals surface area contributed by atoms with E-state index in [1.54, 1.807) is 38.4 Å². The van der Waals surface area contributed by atoms with E-state index in [0.717, 1.165) is 11.1 Å². The molecule has 0 aromatic heterocycles. The van der Waals surface area contributed by atoms with Gasteiger partial charge in [0.2, 0.25) is 0 Å². The van der Waals surface area contributed by atoms with Gasteiger partial charge in [-0.2, -0.15) is 0 Å². The van der Waals surface area contributed by atoms with Gasteiger partial charge < -0.3 is 9.47 Å². The first-order chi connectivity index (χ1) is 15.3. The van der Waals surface area contributed by atoms with Crippen LogP contribution in [0.3, 0.4) is 0 Å². The van der Waals surface area contributed by atoms with Crippen molar-refractivity contribution < 1.29 is 19.1 Å². The summed E-state index contributed by atoms with van der Waals surface area (Å²) in [5.74, 6) is 0.148. The van der Waals surface area contributed by atoms with Crippen LogP contribution in [0.1, 0.15) is 16.7 Å². The third kappa shape index (κ3) is 4.84. The van der Waals surface area contributed by atoms with Crippen molar-refractivity contribution in [1.82, 2.24) is 9.80 Å². The smallest absolute Gasteiger partial charge is 0.265 e. The molecule has 1 fully saturated rings. The first-order valence-electron chi connectivity index (χ1n) is 9.77. The number of halogens is 1. The van der Waals surface area contributed by atoms with E-state index in [-0.39, 0.29) is 10.7 Å². The summed E-state index contributed by atoms with van der Waals surface area (Å²) in [6.45, 7) is 4.14. The van der Waals surface area contributed by atoms with Crippen LogP contribution >= 0.6 is 23.8 Å². The molecule has 0 saturated carbocycles. The van der Waals surface area contributed by atoms with E-state index < -0.39 is 11.8 Å². The predicted octanol–water partition coefficient (Wildman–Crippen LogP) is 4.25. The van der Waals surface area contributed by atoms with Gasteiger partial charge in [0.15, 0.2) is 16.6 Å². The summed E-state index contributed by atoms with van der Waals surface area (Å²) in [7, 11) is 4.62. The summed E-state index contributed by atoms with van der Waals surface area (Å²) < 4.78 is 11.6. The van der Waals surface area contributed by atoms with Crippen LogP contribution in [-0.4, -0.2) is 47.9 Å². The number of hydrogen-bond donors (Lipinski definition) is 0. The van der Waals surface area contributed by atoms with Crippen molar-refractivity contribution in [3.8, 4) is 11.5 Å². The maximum Gasteiger partial charge on any atom is 0.265 e. The lowest BCUT2D eigenvalue weighted by Crippen LogP contribution is -2.52. The predicted molar refractivity (Wildman–Crippen MR) is 129 cm³/mol. The molecule has 0 atom stereocenters. The normalized spacial score (nSPS) is 14.0. The van der Waals surface area contributed by atoms with Crippen molar-refractivity contribution in [2.45, 2.75) is 13.0 Å². The molecule has 1 aliphatic rings. The maximum atomic E-state index is 12.7. The Morgan fingerprint density at radius 2 is 1.72 bits per heavy atom. The Morgan fingerprint density at radius 1 is 1.09 bits per heavy atom. The molecule has 3 rings (SSSR count). The van der Waals surface area contributed by atoms with Gasteiger partial charge in [0, 0.05) is 24.7 Å². The van der Waals surface area contributed by atoms with Gasteiger partial charge in [0.25, 0.3) is 11.8 Å². The number of nitrogens with zero attached hydrogens (tertiary/aromatic N) is 2. The Bertz CT molecular complexity index is 1090. The number of allylic oxidation sites excluding steroid dienone is 1. The van der Waals surface area contributed by atoms with Crippen LogP contribution in [0.15, 0.2) is 54.6 Å². The SMILES string of the molecule is C=CCc1cc(C=C2C(=O)N(C)C(=S)N(C)C2=O)cc(OC)c1OCc1ccc(Cl)cc1. The summed E-state index contributed by atoms with van der Waals surface area (Å²) in [5.41, 5.74) is 2.41. The summed E-state index contributed by atoms with van der Waals surface area (Å²) in [4.78, 5) is 27.8. The van der Waals surface area contributed by atoms with E-state index in [4.69, 9.17) is 33.3 Å². The number of benzene rings is 2. The zero-order valence-electron chi connectivity index (χ0n) is 18.1. The molecule has 1 saturated heterocycles. The largest absolute Gasteiger partial charge is 0.493 e. The molecule has 2 aromatic rings. The molecule has 0 radical (unpaired) electrons. The van der Waals surface area contributed by atoms with E-state index in [2.05, 4.69) is 6.58 Å². The number of likely N-dealkylation sites (N-methyl/N-ethyl adjacent to an activating group) is 2. The summed E-state index contributed by atoms with van der Waals surface area (Å²) in [6, 6.07) is 11.0. The van der Waals surface area contributed by atoms with Crippen molar-refractivity contribution in [2.75, 3.05) is 21.2 Å². The second-order valence-corrected chi connectivity index (χ2v) is 7.99. The molecule has 0 unspecified atom stereocenters. The number of hydrogen-bond acceptors (Lipinski definition) is 5. The summed E-state index contributed by atoms with van der Waals surface area (Å²) in [6.07, 6.45) is 3.80. The average Bonchev–Trinajstić information content (AvgIpc) is 2.79. The second-order valence-electron chi connectivity index (χ2n) is 7.19. The number of carbonyl (C=O) groups is 2. The van der Waals surface area contributed by atoms with Crippen molar-refractivity contribution in [2.24, 2.45) is 0 Å². The minimum Gasteiger partial charge on any atom is -0.493 e. The minimum atomic E-state index is -0.453. The van der Waals surface area contributed by atoms with E-state index in [0.29, 0.717) is 35.1 Å². The molecule has 0 aliphatic carbocycles. The highest BCUT2D eigenvalue weighted by molar-refractivity contribution is 7.80. The van der Waals surface area contributed by atoms with Gasteiger partial charge in [0.05, 0.1) is 7.11 Å². The second kappa shape index (κ2) is 9.97. The number of methoxy groups -OCH3 is 1. The van der Waals surface area contributed by atoms with E-state index in [1.807, 2.05) is 18.2 Å². The third-order valence-corrected chi connectivity index (χ3v) is 5.79. The summed E-state index contributed by atoms with van der Waals surface area (Å²) >= 11 is 11.1. The van der Waals surface area contributed by atoms with Crippen LogP contribution in [0.2, 0.25) is 5.02 Å². The van der Waals surface area contributed by atoms with Crippen LogP contribution < -0.4 is 9.47 Å². The fourth-order valence-corrected chi connectivity index (χ4v) is 3.56. The lowest BCUT2D eigenvalue weighted by Gasteiger charge is -2.31. The number of amides is 2. The van der Waals surface area contributed by atoms with E-state index in [9.17, 15) is 9.59 Å². The Balaban J connectivity index is 1.98. The zero-order valence-corrected chi connectivity index (χ0v) is 19.6. The highest BCUT2D eigenvalue weighted by atomic mass is 35.5. The first kappa shape index (κ1) is 23.5. The summed E-state index contributed by atoms with van der Waals surface area (Å²) in [5, 5.41) is 0.813. The van der Waals surface area contributed by atoms with Gasteiger partial charge in [-0.3, -0.25) is 19.4 Å². The molecule has 8 heteroatoms. The number of rotatable bonds is 7. The average molecular weight is 471 g/mol. The Morgan fingerprint density at radius 3 is 2.28 bits per heavy atom. The van der Waals surface area contributed by atoms with Crippen molar-refractivity contribution >= 4 is 46.8 Å². The quantitative estimate of drug-likeness (QED) is 0.262. The topological polar surface area (TPSA) is 59.1 Å². The van der Waals surface area contributed by atoms with Crippen molar-refractivity contribution in [1.29, 1.82) is 0 Å². The molecule has 2 aromatic carbocycles.